The lowest BCUT2D eigenvalue weighted by atomic mass is 10.0. The van der Waals surface area contributed by atoms with Crippen LogP contribution in [0.5, 0.6) is 0 Å². The van der Waals surface area contributed by atoms with Crippen molar-refractivity contribution < 1.29 is 9.90 Å². The molecule has 2 rings (SSSR count). The molecule has 0 bridgehead atoms. The van der Waals surface area contributed by atoms with Crippen molar-refractivity contribution in [2.24, 2.45) is 0 Å². The van der Waals surface area contributed by atoms with Crippen molar-refractivity contribution >= 4 is 5.97 Å². The van der Waals surface area contributed by atoms with E-state index in [-0.39, 0.29) is 5.57 Å². The minimum Gasteiger partial charge on any atom is -0.478 e. The molecule has 2 aromatic carbocycles. The van der Waals surface area contributed by atoms with E-state index in [2.05, 4.69) is 62.0 Å². The summed E-state index contributed by atoms with van der Waals surface area (Å²) < 4.78 is 0. The number of carboxylic acids is 1. The van der Waals surface area contributed by atoms with E-state index in [0.717, 1.165) is 0 Å². The third kappa shape index (κ3) is 4.80. The molecule has 2 aromatic rings. The molecule has 0 radical (unpaired) electrons. The van der Waals surface area contributed by atoms with E-state index in [1.807, 2.05) is 6.07 Å². The Bertz CT molecular complexity index is 544. The SMILES string of the molecule is C=C(C)C(=O)O.Cc1ccccc1-c1ccccc1. The number of hydrogen-bond acceptors (Lipinski definition) is 1. The summed E-state index contributed by atoms with van der Waals surface area (Å²) in [5, 5.41) is 7.89. The van der Waals surface area contributed by atoms with Gasteiger partial charge in [-0.25, -0.2) is 4.79 Å². The highest BCUT2D eigenvalue weighted by Gasteiger charge is 1.97. The van der Waals surface area contributed by atoms with Crippen LogP contribution in [0.15, 0.2) is 66.7 Å². The molecule has 0 unspecified atom stereocenters. The Morgan fingerprint density at radius 2 is 1.47 bits per heavy atom. The first-order valence-electron chi connectivity index (χ1n) is 6.02. The van der Waals surface area contributed by atoms with Crippen molar-refractivity contribution in [2.45, 2.75) is 13.8 Å². The van der Waals surface area contributed by atoms with Gasteiger partial charge < -0.3 is 5.11 Å². The molecule has 0 heterocycles. The van der Waals surface area contributed by atoms with Crippen LogP contribution >= 0.6 is 0 Å². The minimum absolute atomic E-state index is 0.176. The molecule has 2 nitrogen and oxygen atoms in total. The van der Waals surface area contributed by atoms with Gasteiger partial charge in [-0.2, -0.15) is 0 Å². The van der Waals surface area contributed by atoms with Crippen LogP contribution in [0.1, 0.15) is 12.5 Å². The van der Waals surface area contributed by atoms with Crippen molar-refractivity contribution in [3.05, 3.63) is 72.3 Å². The average Bonchev–Trinajstić information content (AvgIpc) is 2.41. The minimum atomic E-state index is -0.935. The fourth-order valence-electron chi connectivity index (χ4n) is 1.51. The summed E-state index contributed by atoms with van der Waals surface area (Å²) in [7, 11) is 0. The van der Waals surface area contributed by atoms with Crippen LogP contribution < -0.4 is 0 Å². The summed E-state index contributed by atoms with van der Waals surface area (Å²) in [4.78, 5) is 9.60. The molecule has 0 aliphatic rings. The lowest BCUT2D eigenvalue weighted by molar-refractivity contribution is -0.132. The van der Waals surface area contributed by atoms with Crippen molar-refractivity contribution in [3.8, 4) is 11.1 Å². The van der Waals surface area contributed by atoms with Crippen LogP contribution in [0.2, 0.25) is 0 Å². The molecule has 19 heavy (non-hydrogen) atoms. The molecule has 0 aromatic heterocycles. The third-order valence-electron chi connectivity index (χ3n) is 2.59. The number of rotatable bonds is 2. The Morgan fingerprint density at radius 1 is 1.00 bits per heavy atom. The Hall–Kier alpha value is -2.35. The van der Waals surface area contributed by atoms with Gasteiger partial charge in [0.1, 0.15) is 0 Å². The zero-order valence-electron chi connectivity index (χ0n) is 11.3. The number of aliphatic carboxylic acids is 1. The van der Waals surface area contributed by atoms with Crippen molar-refractivity contribution in [2.75, 3.05) is 0 Å². The monoisotopic (exact) mass is 254 g/mol. The Kier molecular flexibility index (Phi) is 5.55. The first kappa shape index (κ1) is 14.7. The number of hydrogen-bond donors (Lipinski definition) is 1. The highest BCUT2D eigenvalue weighted by Crippen LogP contribution is 2.21. The Morgan fingerprint density at radius 3 is 1.95 bits per heavy atom. The van der Waals surface area contributed by atoms with Crippen LogP contribution in [0.25, 0.3) is 11.1 Å². The molecule has 1 N–H and O–H groups in total. The van der Waals surface area contributed by atoms with E-state index >= 15 is 0 Å². The number of carboxylic acid groups (broad SMARTS) is 1. The Balaban J connectivity index is 0.000000258. The highest BCUT2D eigenvalue weighted by molar-refractivity contribution is 5.84. The second-order valence-corrected chi connectivity index (χ2v) is 4.27. The van der Waals surface area contributed by atoms with Crippen LogP contribution in [0.3, 0.4) is 0 Å². The molecule has 0 aliphatic carbocycles. The van der Waals surface area contributed by atoms with Gasteiger partial charge in [-0.3, -0.25) is 0 Å². The van der Waals surface area contributed by atoms with Gasteiger partial charge in [-0.1, -0.05) is 61.2 Å². The van der Waals surface area contributed by atoms with E-state index in [9.17, 15) is 4.79 Å². The summed E-state index contributed by atoms with van der Waals surface area (Å²) in [5.41, 5.74) is 4.12. The molecule has 0 aliphatic heterocycles. The van der Waals surface area contributed by atoms with Crippen molar-refractivity contribution in [1.82, 2.24) is 0 Å². The summed E-state index contributed by atoms with van der Waals surface area (Å²) in [6, 6.07) is 18.9. The summed E-state index contributed by atoms with van der Waals surface area (Å²) in [6.07, 6.45) is 0. The summed E-state index contributed by atoms with van der Waals surface area (Å²) in [6.45, 7) is 6.74. The fraction of sp³-hybridized carbons (Fsp3) is 0.118. The van der Waals surface area contributed by atoms with Gasteiger partial charge in [0.25, 0.3) is 0 Å². The molecule has 0 spiro atoms. The van der Waals surface area contributed by atoms with E-state index in [0.29, 0.717) is 0 Å². The van der Waals surface area contributed by atoms with E-state index in [1.54, 1.807) is 0 Å². The quantitative estimate of drug-likeness (QED) is 0.811. The van der Waals surface area contributed by atoms with Gasteiger partial charge in [0, 0.05) is 5.57 Å². The predicted octanol–water partition coefficient (Wildman–Crippen LogP) is 4.31. The van der Waals surface area contributed by atoms with Crippen LogP contribution in [-0.2, 0) is 4.79 Å². The van der Waals surface area contributed by atoms with Crippen molar-refractivity contribution in [3.63, 3.8) is 0 Å². The number of carbonyl (C=O) groups is 1. The molecule has 0 fully saturated rings. The van der Waals surface area contributed by atoms with Crippen LogP contribution in [0.4, 0.5) is 0 Å². The molecule has 2 heteroatoms. The molecule has 98 valence electrons. The lowest BCUT2D eigenvalue weighted by Crippen LogP contribution is -1.92. The van der Waals surface area contributed by atoms with E-state index in [1.165, 1.54) is 23.6 Å². The number of aryl methyl sites for hydroxylation is 1. The Labute approximate surface area is 114 Å². The molecule has 0 saturated heterocycles. The van der Waals surface area contributed by atoms with Gasteiger partial charge in [-0.15, -0.1) is 0 Å². The largest absolute Gasteiger partial charge is 0.478 e. The maximum Gasteiger partial charge on any atom is 0.330 e. The first-order valence-corrected chi connectivity index (χ1v) is 6.02. The fourth-order valence-corrected chi connectivity index (χ4v) is 1.51. The highest BCUT2D eigenvalue weighted by atomic mass is 16.4. The predicted molar refractivity (Wildman–Crippen MR) is 79.1 cm³/mol. The van der Waals surface area contributed by atoms with Gasteiger partial charge >= 0.3 is 5.97 Å². The first-order chi connectivity index (χ1) is 9.02. The summed E-state index contributed by atoms with van der Waals surface area (Å²) in [5.74, 6) is -0.935. The molecular formula is C17H18O2. The molecule has 0 amide bonds. The normalized spacial score (nSPS) is 9.16. The maximum absolute atomic E-state index is 9.60. The zero-order chi connectivity index (χ0) is 14.3. The third-order valence-corrected chi connectivity index (χ3v) is 2.59. The molecule has 0 atom stereocenters. The standard InChI is InChI=1S/C13H12.C4H6O2/c1-11-7-5-6-10-13(11)12-8-3-2-4-9-12;1-3(2)4(5)6/h2-10H,1H3;1H2,2H3,(H,5,6). The van der Waals surface area contributed by atoms with Gasteiger partial charge in [0.15, 0.2) is 0 Å². The number of benzene rings is 2. The average molecular weight is 254 g/mol. The van der Waals surface area contributed by atoms with Gasteiger partial charge in [-0.05, 0) is 30.5 Å². The van der Waals surface area contributed by atoms with E-state index in [4.69, 9.17) is 5.11 Å². The second-order valence-electron chi connectivity index (χ2n) is 4.27. The maximum atomic E-state index is 9.60. The van der Waals surface area contributed by atoms with Crippen LogP contribution in [0, 0.1) is 6.92 Å². The molecule has 0 saturated carbocycles. The van der Waals surface area contributed by atoms with Gasteiger partial charge in [0.05, 0.1) is 0 Å². The van der Waals surface area contributed by atoms with E-state index < -0.39 is 5.97 Å². The van der Waals surface area contributed by atoms with Gasteiger partial charge in [0.2, 0.25) is 0 Å². The van der Waals surface area contributed by atoms with Crippen LogP contribution in [-0.4, -0.2) is 11.1 Å². The van der Waals surface area contributed by atoms with Crippen molar-refractivity contribution in [1.29, 1.82) is 0 Å². The summed E-state index contributed by atoms with van der Waals surface area (Å²) >= 11 is 0. The topological polar surface area (TPSA) is 37.3 Å². The molecular weight excluding hydrogens is 236 g/mol. The smallest absolute Gasteiger partial charge is 0.330 e. The lowest BCUT2D eigenvalue weighted by Gasteiger charge is -2.04. The second kappa shape index (κ2) is 7.17. The zero-order valence-corrected chi connectivity index (χ0v) is 11.3.